The van der Waals surface area contributed by atoms with Gasteiger partial charge < -0.3 is 10.0 Å². The first kappa shape index (κ1) is 13.7. The van der Waals surface area contributed by atoms with E-state index in [0.717, 1.165) is 19.4 Å². The van der Waals surface area contributed by atoms with E-state index in [1.54, 1.807) is 11.8 Å². The predicted molar refractivity (Wildman–Crippen MR) is 65.6 cm³/mol. The van der Waals surface area contributed by atoms with Crippen LogP contribution in [0.15, 0.2) is 11.1 Å². The Kier molecular flexibility index (Phi) is 3.96. The molecule has 96 valence electrons. The Balaban J connectivity index is 2.84. The summed E-state index contributed by atoms with van der Waals surface area (Å²) in [5.74, 6) is -1.16. The van der Waals surface area contributed by atoms with Crippen LogP contribution in [0.5, 0.6) is 0 Å². The summed E-state index contributed by atoms with van der Waals surface area (Å²) in [6, 6.07) is 0. The number of rotatable bonds is 2. The largest absolute Gasteiger partial charge is 0.478 e. The first-order valence-corrected chi connectivity index (χ1v) is 5.95. The van der Waals surface area contributed by atoms with Crippen LogP contribution < -0.4 is 0 Å². The molecule has 0 aromatic heterocycles. The molecule has 0 atom stereocenters. The molecule has 0 radical (unpaired) electrons. The summed E-state index contributed by atoms with van der Waals surface area (Å²) >= 11 is 0. The van der Waals surface area contributed by atoms with Crippen LogP contribution in [-0.4, -0.2) is 35.0 Å². The number of aliphatic carboxylic acids is 1. The van der Waals surface area contributed by atoms with Gasteiger partial charge in [-0.05, 0) is 32.1 Å². The van der Waals surface area contributed by atoms with Gasteiger partial charge in [0.25, 0.3) is 0 Å². The maximum absolute atomic E-state index is 12.1. The molecular weight excluding hydrogens is 218 g/mol. The Morgan fingerprint density at radius 3 is 2.24 bits per heavy atom. The van der Waals surface area contributed by atoms with E-state index in [9.17, 15) is 9.59 Å². The highest BCUT2D eigenvalue weighted by molar-refractivity contribution is 6.01. The number of likely N-dealkylation sites (tertiary alicyclic amines) is 1. The number of piperidine rings is 1. The first-order valence-electron chi connectivity index (χ1n) is 5.95. The standard InChI is InChI=1S/C13H21NO3/c1-9(10(2)12(16)17)11(15)14-7-5-6-13(3,4)8-14/h5-8H2,1-4H3,(H,16,17). The van der Waals surface area contributed by atoms with Gasteiger partial charge in [0.2, 0.25) is 5.91 Å². The summed E-state index contributed by atoms with van der Waals surface area (Å²) < 4.78 is 0. The molecule has 1 heterocycles. The second kappa shape index (κ2) is 4.90. The van der Waals surface area contributed by atoms with Gasteiger partial charge in [0.15, 0.2) is 0 Å². The van der Waals surface area contributed by atoms with Crippen molar-refractivity contribution in [2.75, 3.05) is 13.1 Å². The lowest BCUT2D eigenvalue weighted by Gasteiger charge is -2.38. The third-order valence-corrected chi connectivity index (χ3v) is 3.39. The van der Waals surface area contributed by atoms with Gasteiger partial charge in [-0.2, -0.15) is 0 Å². The van der Waals surface area contributed by atoms with Crippen LogP contribution in [0.3, 0.4) is 0 Å². The molecule has 0 aliphatic carbocycles. The highest BCUT2D eigenvalue weighted by Crippen LogP contribution is 2.29. The molecule has 0 bridgehead atoms. The van der Waals surface area contributed by atoms with Crippen LogP contribution in [0, 0.1) is 5.41 Å². The van der Waals surface area contributed by atoms with Crippen molar-refractivity contribution in [3.05, 3.63) is 11.1 Å². The number of carboxylic acid groups (broad SMARTS) is 1. The third kappa shape index (κ3) is 3.32. The molecule has 1 saturated heterocycles. The van der Waals surface area contributed by atoms with Crippen LogP contribution in [-0.2, 0) is 9.59 Å². The summed E-state index contributed by atoms with van der Waals surface area (Å²) in [5, 5.41) is 8.87. The molecule has 4 heteroatoms. The lowest BCUT2D eigenvalue weighted by Crippen LogP contribution is -2.44. The molecule has 0 spiro atoms. The molecule has 1 rings (SSSR count). The molecule has 17 heavy (non-hydrogen) atoms. The number of nitrogens with zero attached hydrogens (tertiary/aromatic N) is 1. The predicted octanol–water partition coefficient (Wildman–Crippen LogP) is 2.06. The van der Waals surface area contributed by atoms with E-state index in [2.05, 4.69) is 13.8 Å². The fourth-order valence-electron chi connectivity index (χ4n) is 2.15. The highest BCUT2D eigenvalue weighted by atomic mass is 16.4. The van der Waals surface area contributed by atoms with Gasteiger partial charge in [0.05, 0.1) is 0 Å². The Morgan fingerprint density at radius 1 is 1.18 bits per heavy atom. The molecule has 0 saturated carbocycles. The number of carbonyl (C=O) groups excluding carboxylic acids is 1. The maximum atomic E-state index is 12.1. The van der Waals surface area contributed by atoms with Gasteiger partial charge in [-0.25, -0.2) is 4.79 Å². The molecule has 4 nitrogen and oxygen atoms in total. The number of hydrogen-bond acceptors (Lipinski definition) is 2. The van der Waals surface area contributed by atoms with Crippen LogP contribution in [0.4, 0.5) is 0 Å². The topological polar surface area (TPSA) is 57.6 Å². The lowest BCUT2D eigenvalue weighted by molar-refractivity contribution is -0.134. The minimum atomic E-state index is -1.02. The molecule has 1 aliphatic rings. The van der Waals surface area contributed by atoms with Crippen molar-refractivity contribution < 1.29 is 14.7 Å². The van der Waals surface area contributed by atoms with E-state index in [-0.39, 0.29) is 16.9 Å². The highest BCUT2D eigenvalue weighted by Gasteiger charge is 2.30. The van der Waals surface area contributed by atoms with Gasteiger partial charge in [0.1, 0.15) is 0 Å². The van der Waals surface area contributed by atoms with Crippen LogP contribution in [0.1, 0.15) is 40.5 Å². The summed E-state index contributed by atoms with van der Waals surface area (Å²) in [7, 11) is 0. The molecule has 0 aromatic carbocycles. The Bertz CT molecular complexity index is 369. The van der Waals surface area contributed by atoms with Crippen molar-refractivity contribution in [1.29, 1.82) is 0 Å². The molecule has 1 N–H and O–H groups in total. The van der Waals surface area contributed by atoms with Gasteiger partial charge in [0, 0.05) is 24.2 Å². The minimum absolute atomic E-state index is 0.130. The van der Waals surface area contributed by atoms with E-state index in [1.807, 2.05) is 0 Å². The quantitative estimate of drug-likeness (QED) is 0.750. The maximum Gasteiger partial charge on any atom is 0.331 e. The minimum Gasteiger partial charge on any atom is -0.478 e. The Hall–Kier alpha value is -1.32. The van der Waals surface area contributed by atoms with Crippen molar-refractivity contribution in [2.24, 2.45) is 5.41 Å². The Morgan fingerprint density at radius 2 is 1.76 bits per heavy atom. The van der Waals surface area contributed by atoms with Gasteiger partial charge >= 0.3 is 5.97 Å². The smallest absolute Gasteiger partial charge is 0.331 e. The van der Waals surface area contributed by atoms with E-state index in [1.165, 1.54) is 6.92 Å². The fourth-order valence-corrected chi connectivity index (χ4v) is 2.15. The fraction of sp³-hybridized carbons (Fsp3) is 0.692. The summed E-state index contributed by atoms with van der Waals surface area (Å²) in [4.78, 5) is 24.7. The van der Waals surface area contributed by atoms with Crippen molar-refractivity contribution >= 4 is 11.9 Å². The lowest BCUT2D eigenvalue weighted by atomic mass is 9.84. The normalized spacial score (nSPS) is 20.8. The zero-order valence-electron chi connectivity index (χ0n) is 11.0. The monoisotopic (exact) mass is 239 g/mol. The SMILES string of the molecule is CC(C(=O)O)=C(C)C(=O)N1CCCC(C)(C)C1. The average Bonchev–Trinajstić information content (AvgIpc) is 2.24. The first-order chi connectivity index (χ1) is 7.74. The zero-order chi connectivity index (χ0) is 13.2. The van der Waals surface area contributed by atoms with Gasteiger partial charge in [-0.15, -0.1) is 0 Å². The number of hydrogen-bond donors (Lipinski definition) is 1. The van der Waals surface area contributed by atoms with E-state index >= 15 is 0 Å². The molecule has 0 unspecified atom stereocenters. The summed E-state index contributed by atoms with van der Waals surface area (Å²) in [6.07, 6.45) is 2.09. The number of carboxylic acids is 1. The zero-order valence-corrected chi connectivity index (χ0v) is 11.0. The second-order valence-corrected chi connectivity index (χ2v) is 5.55. The van der Waals surface area contributed by atoms with Gasteiger partial charge in [-0.1, -0.05) is 13.8 Å². The van der Waals surface area contributed by atoms with Crippen molar-refractivity contribution in [2.45, 2.75) is 40.5 Å². The molecular formula is C13H21NO3. The average molecular weight is 239 g/mol. The molecule has 1 fully saturated rings. The second-order valence-electron chi connectivity index (χ2n) is 5.55. The van der Waals surface area contributed by atoms with Crippen molar-refractivity contribution in [3.63, 3.8) is 0 Å². The molecule has 1 amide bonds. The van der Waals surface area contributed by atoms with Crippen molar-refractivity contribution in [1.82, 2.24) is 4.90 Å². The van der Waals surface area contributed by atoms with Crippen LogP contribution in [0.25, 0.3) is 0 Å². The molecule has 1 aliphatic heterocycles. The van der Waals surface area contributed by atoms with E-state index in [0.29, 0.717) is 12.1 Å². The van der Waals surface area contributed by atoms with Crippen LogP contribution >= 0.6 is 0 Å². The van der Waals surface area contributed by atoms with Gasteiger partial charge in [-0.3, -0.25) is 4.79 Å². The summed E-state index contributed by atoms with van der Waals surface area (Å²) in [6.45, 7) is 8.77. The number of carbonyl (C=O) groups is 2. The third-order valence-electron chi connectivity index (χ3n) is 3.39. The van der Waals surface area contributed by atoms with E-state index < -0.39 is 5.97 Å². The molecule has 0 aromatic rings. The Labute approximate surface area is 102 Å². The summed E-state index contributed by atoms with van der Waals surface area (Å²) in [5.41, 5.74) is 0.610. The van der Waals surface area contributed by atoms with Crippen molar-refractivity contribution in [3.8, 4) is 0 Å². The van der Waals surface area contributed by atoms with E-state index in [4.69, 9.17) is 5.11 Å². The van der Waals surface area contributed by atoms with Crippen LogP contribution in [0.2, 0.25) is 0 Å². The number of amides is 1.